The Bertz CT molecular complexity index is 626. The van der Waals surface area contributed by atoms with Crippen LogP contribution < -0.4 is 0 Å². The molecular weight excluding hydrogens is 745 g/mol. The Kier molecular flexibility index (Phi) is 39.5. The Hall–Kier alpha value is 2.63. The molecule has 1 atom stereocenters. The highest BCUT2D eigenvalue weighted by atomic mass is 32.3. The van der Waals surface area contributed by atoms with Crippen LogP contribution >= 0.6 is 118 Å². The molecule has 0 rings (SSSR count). The van der Waals surface area contributed by atoms with Crippen molar-refractivity contribution in [2.45, 2.75) is 0 Å². The zero-order valence-electron chi connectivity index (χ0n) is 23.0. The van der Waals surface area contributed by atoms with Gasteiger partial charge in [0, 0.05) is 76.5 Å². The van der Waals surface area contributed by atoms with Gasteiger partial charge in [0.05, 0.1) is 43.0 Å². The van der Waals surface area contributed by atoms with Gasteiger partial charge in [-0.2, -0.15) is 35.3 Å². The van der Waals surface area contributed by atoms with E-state index in [1.807, 2.05) is 0 Å². The molecule has 0 fully saturated rings. The minimum absolute atomic E-state index is 0.141. The SMILES string of the molecule is O=C(CSCSCCS(=O)CSCSCSCSC(=O)CSCSCCOOCCSCCO)OCCSCCO. The van der Waals surface area contributed by atoms with Crippen LogP contribution in [-0.2, 0) is 34.9 Å². The molecule has 0 aliphatic heterocycles. The van der Waals surface area contributed by atoms with Gasteiger partial charge in [-0.1, -0.05) is 11.8 Å². The number of carbonyl (C=O) groups excluding carboxylic acids is 2. The summed E-state index contributed by atoms with van der Waals surface area (Å²) in [6.45, 7) is 1.75. The molecule has 0 bridgehead atoms. The van der Waals surface area contributed by atoms with Crippen molar-refractivity contribution in [3.8, 4) is 0 Å². The summed E-state index contributed by atoms with van der Waals surface area (Å²) in [5.41, 5.74) is 0. The van der Waals surface area contributed by atoms with Gasteiger partial charge in [-0.15, -0.1) is 70.6 Å². The fraction of sp³-hybridized carbons (Fsp3) is 0.909. The van der Waals surface area contributed by atoms with E-state index < -0.39 is 10.8 Å². The van der Waals surface area contributed by atoms with Gasteiger partial charge in [-0.25, -0.2) is 9.78 Å². The van der Waals surface area contributed by atoms with Crippen molar-refractivity contribution in [3.63, 3.8) is 0 Å². The van der Waals surface area contributed by atoms with Crippen LogP contribution in [0.5, 0.6) is 0 Å². The van der Waals surface area contributed by atoms with Crippen LogP contribution in [-0.4, -0.2) is 141 Å². The molecule has 1 unspecified atom stereocenters. The smallest absolute Gasteiger partial charge is 0.315 e. The second kappa shape index (κ2) is 37.1. The maximum absolute atomic E-state index is 12.1. The van der Waals surface area contributed by atoms with Gasteiger partial charge in [0.15, 0.2) is 5.12 Å². The zero-order chi connectivity index (χ0) is 30.1. The lowest BCUT2D eigenvalue weighted by Gasteiger charge is -2.05. The molecule has 8 nitrogen and oxygen atoms in total. The fourth-order valence-electron chi connectivity index (χ4n) is 2.05. The molecule has 0 spiro atoms. The average Bonchev–Trinajstić information content (AvgIpc) is 2.96. The number of rotatable bonds is 33. The van der Waals surface area contributed by atoms with Crippen molar-refractivity contribution in [3.05, 3.63) is 0 Å². The van der Waals surface area contributed by atoms with E-state index in [1.54, 1.807) is 94.1 Å². The molecule has 0 aromatic carbocycles. The number of aliphatic hydroxyl groups is 2. The van der Waals surface area contributed by atoms with Crippen LogP contribution in [0.4, 0.5) is 0 Å². The molecule has 0 aliphatic rings. The first-order chi connectivity index (χ1) is 20.1. The van der Waals surface area contributed by atoms with Gasteiger partial charge in [0.2, 0.25) is 0 Å². The van der Waals surface area contributed by atoms with Crippen LogP contribution in [0.1, 0.15) is 0 Å². The number of aliphatic hydroxyl groups excluding tert-OH is 2. The maximum atomic E-state index is 12.1. The van der Waals surface area contributed by atoms with E-state index >= 15 is 0 Å². The number of esters is 1. The van der Waals surface area contributed by atoms with Gasteiger partial charge in [-0.05, 0) is 0 Å². The Morgan fingerprint density at radius 3 is 1.85 bits per heavy atom. The first-order valence-electron chi connectivity index (χ1n) is 12.4. The average molecular weight is 787 g/mol. The van der Waals surface area contributed by atoms with Crippen LogP contribution in [0, 0.1) is 0 Å². The fourth-order valence-corrected chi connectivity index (χ4v) is 13.7. The summed E-state index contributed by atoms with van der Waals surface area (Å²) < 4.78 is 17.2. The normalized spacial score (nSPS) is 12.0. The van der Waals surface area contributed by atoms with E-state index in [4.69, 9.17) is 24.7 Å². The second-order valence-corrected chi connectivity index (χ2v) is 21.4. The summed E-state index contributed by atoms with van der Waals surface area (Å²) in [4.78, 5) is 33.7. The van der Waals surface area contributed by atoms with Crippen molar-refractivity contribution in [1.82, 2.24) is 0 Å². The van der Waals surface area contributed by atoms with Crippen LogP contribution in [0.3, 0.4) is 0 Å². The van der Waals surface area contributed by atoms with Gasteiger partial charge < -0.3 is 14.9 Å². The van der Waals surface area contributed by atoms with E-state index in [2.05, 4.69) is 0 Å². The molecule has 0 aliphatic carbocycles. The summed E-state index contributed by atoms with van der Waals surface area (Å²) in [5, 5.41) is 22.4. The molecule has 0 saturated carbocycles. The van der Waals surface area contributed by atoms with Gasteiger partial charge in [0.25, 0.3) is 0 Å². The van der Waals surface area contributed by atoms with E-state index in [0.29, 0.717) is 53.7 Å². The Morgan fingerprint density at radius 1 is 0.585 bits per heavy atom. The number of carbonyl (C=O) groups is 2. The van der Waals surface area contributed by atoms with Crippen LogP contribution in [0.15, 0.2) is 0 Å². The third-order valence-electron chi connectivity index (χ3n) is 3.75. The van der Waals surface area contributed by atoms with Gasteiger partial charge >= 0.3 is 5.97 Å². The monoisotopic (exact) mass is 786 g/mol. The Morgan fingerprint density at radius 2 is 1.15 bits per heavy atom. The molecule has 244 valence electrons. The highest BCUT2D eigenvalue weighted by Crippen LogP contribution is 2.23. The summed E-state index contributed by atoms with van der Waals surface area (Å²) in [6, 6.07) is 0. The highest BCUT2D eigenvalue weighted by Gasteiger charge is 2.06. The van der Waals surface area contributed by atoms with E-state index in [0.717, 1.165) is 48.4 Å². The maximum Gasteiger partial charge on any atom is 0.315 e. The molecule has 0 aromatic rings. The minimum Gasteiger partial charge on any atom is -0.464 e. The standard InChI is InChI=1S/C22H42O8S11/c23-1-6-31-8-3-28-21(25)13-35-16-34-11-12-41(27)20-39-18-37-17-38-19-40-22(26)14-36-15-33-10-5-30-29-4-9-32-7-2-24/h23-24H,1-20H2. The number of hydrogen-bond acceptors (Lipinski definition) is 18. The molecule has 2 N–H and O–H groups in total. The lowest BCUT2D eigenvalue weighted by Crippen LogP contribution is -2.10. The third-order valence-corrected chi connectivity index (χ3v) is 17.2. The summed E-state index contributed by atoms with van der Waals surface area (Å²) in [5.74, 6) is 5.82. The van der Waals surface area contributed by atoms with Crippen molar-refractivity contribution in [1.29, 1.82) is 0 Å². The Labute approximate surface area is 290 Å². The van der Waals surface area contributed by atoms with Crippen molar-refractivity contribution < 1.29 is 38.5 Å². The molecule has 0 aromatic heterocycles. The number of thioether (sulfide) groups is 10. The first kappa shape index (κ1) is 43.6. The largest absolute Gasteiger partial charge is 0.464 e. The second-order valence-electron chi connectivity index (χ2n) is 7.03. The molecule has 0 saturated heterocycles. The highest BCUT2D eigenvalue weighted by molar-refractivity contribution is 8.30. The molecule has 0 amide bonds. The van der Waals surface area contributed by atoms with Crippen LogP contribution in [0.2, 0.25) is 0 Å². The summed E-state index contributed by atoms with van der Waals surface area (Å²) in [7, 11) is -0.839. The first-order valence-corrected chi connectivity index (χ1v) is 25.3. The third kappa shape index (κ3) is 37.0. The zero-order valence-corrected chi connectivity index (χ0v) is 32.0. The quantitative estimate of drug-likeness (QED) is 0.0311. The predicted octanol–water partition coefficient (Wildman–Crippen LogP) is 4.81. The topological polar surface area (TPSA) is 119 Å². The Balaban J connectivity index is 3.31. The molecule has 19 heteroatoms. The van der Waals surface area contributed by atoms with E-state index in [1.165, 1.54) is 23.5 Å². The predicted molar refractivity (Wildman–Crippen MR) is 199 cm³/mol. The molecule has 41 heavy (non-hydrogen) atoms. The van der Waals surface area contributed by atoms with E-state index in [9.17, 15) is 13.8 Å². The number of hydrogen-bond donors (Lipinski definition) is 2. The van der Waals surface area contributed by atoms with Crippen molar-refractivity contribution in [2.75, 3.05) is 115 Å². The lowest BCUT2D eigenvalue weighted by molar-refractivity contribution is -0.285. The van der Waals surface area contributed by atoms with Crippen molar-refractivity contribution in [2.24, 2.45) is 0 Å². The van der Waals surface area contributed by atoms with Gasteiger partial charge in [-0.3, -0.25) is 13.8 Å². The van der Waals surface area contributed by atoms with Gasteiger partial charge in [0.1, 0.15) is 6.61 Å². The van der Waals surface area contributed by atoms with Crippen molar-refractivity contribution >= 4 is 140 Å². The molecule has 0 radical (unpaired) electrons. The minimum atomic E-state index is -0.839. The molecule has 0 heterocycles. The molecular formula is C22H42O8S11. The summed E-state index contributed by atoms with van der Waals surface area (Å²) in [6.07, 6.45) is 0. The van der Waals surface area contributed by atoms with Crippen LogP contribution in [0.25, 0.3) is 0 Å². The number of ether oxygens (including phenoxy) is 1. The summed E-state index contributed by atoms with van der Waals surface area (Å²) >= 11 is 16.3. The van der Waals surface area contributed by atoms with E-state index in [-0.39, 0.29) is 24.3 Å². The lowest BCUT2D eigenvalue weighted by atomic mass is 10.8.